The van der Waals surface area contributed by atoms with Crippen LogP contribution in [0.25, 0.3) is 6.08 Å². The van der Waals surface area contributed by atoms with Gasteiger partial charge in [0.15, 0.2) is 0 Å². The largest absolute Gasteiger partial charge is 0.467 e. The molecular weight excluding hydrogens is 314 g/mol. The van der Waals surface area contributed by atoms with Gasteiger partial charge >= 0.3 is 5.97 Å². The van der Waals surface area contributed by atoms with E-state index in [1.165, 1.54) is 19.6 Å². The number of rotatable bonds is 4. The molecule has 0 bridgehead atoms. The molecule has 0 saturated carbocycles. The lowest BCUT2D eigenvalue weighted by Crippen LogP contribution is -2.42. The van der Waals surface area contributed by atoms with E-state index in [1.807, 2.05) is 24.3 Å². The summed E-state index contributed by atoms with van der Waals surface area (Å²) in [4.78, 5) is 37.2. The van der Waals surface area contributed by atoms with Crippen molar-refractivity contribution in [2.24, 2.45) is 0 Å². The Kier molecular flexibility index (Phi) is 5.26. The van der Waals surface area contributed by atoms with Gasteiger partial charge in [-0.2, -0.15) is 0 Å². The molecule has 1 aromatic carbocycles. The van der Waals surface area contributed by atoms with Crippen LogP contribution >= 0.6 is 11.8 Å². The number of thioether (sulfide) groups is 1. The predicted molar refractivity (Wildman–Crippen MR) is 89.8 cm³/mol. The summed E-state index contributed by atoms with van der Waals surface area (Å²) in [6.07, 6.45) is 1.67. The Balaban J connectivity index is 2.23. The Morgan fingerprint density at radius 3 is 2.30 bits per heavy atom. The van der Waals surface area contributed by atoms with E-state index in [-0.39, 0.29) is 0 Å². The molecule has 0 aromatic heterocycles. The quantitative estimate of drug-likeness (QED) is 0.624. The molecule has 122 valence electrons. The van der Waals surface area contributed by atoms with Gasteiger partial charge in [0, 0.05) is 0 Å². The van der Waals surface area contributed by atoms with Crippen molar-refractivity contribution in [3.8, 4) is 0 Å². The van der Waals surface area contributed by atoms with Crippen LogP contribution in [0.3, 0.4) is 0 Å². The lowest BCUT2D eigenvalue weighted by atomic mass is 10.0. The van der Waals surface area contributed by atoms with E-state index in [9.17, 15) is 14.4 Å². The summed E-state index contributed by atoms with van der Waals surface area (Å²) in [6, 6.07) is 6.89. The van der Waals surface area contributed by atoms with E-state index in [0.717, 1.165) is 22.2 Å². The van der Waals surface area contributed by atoms with Crippen molar-refractivity contribution in [2.45, 2.75) is 32.7 Å². The highest BCUT2D eigenvalue weighted by Crippen LogP contribution is 2.33. The number of ether oxygens (including phenoxy) is 1. The molecule has 2 amide bonds. The monoisotopic (exact) mass is 333 g/mol. The minimum absolute atomic E-state index is 0.308. The molecule has 23 heavy (non-hydrogen) atoms. The lowest BCUT2D eigenvalue weighted by Gasteiger charge is -2.18. The number of hydrogen-bond donors (Lipinski definition) is 0. The summed E-state index contributed by atoms with van der Waals surface area (Å²) in [5.74, 6) is -0.655. The second-order valence-corrected chi connectivity index (χ2v) is 6.57. The van der Waals surface area contributed by atoms with Crippen molar-refractivity contribution in [1.82, 2.24) is 4.90 Å². The third-order valence-corrected chi connectivity index (χ3v) is 4.54. The molecule has 0 radical (unpaired) electrons. The third-order valence-electron chi connectivity index (χ3n) is 3.65. The first-order chi connectivity index (χ1) is 10.8. The average molecular weight is 333 g/mol. The zero-order valence-corrected chi connectivity index (χ0v) is 14.3. The van der Waals surface area contributed by atoms with E-state index in [1.54, 1.807) is 6.08 Å². The minimum atomic E-state index is -0.929. The van der Waals surface area contributed by atoms with Crippen LogP contribution in [0.15, 0.2) is 29.2 Å². The van der Waals surface area contributed by atoms with Gasteiger partial charge in [-0.15, -0.1) is 0 Å². The first-order valence-electron chi connectivity index (χ1n) is 7.30. The average Bonchev–Trinajstić information content (AvgIpc) is 2.80. The van der Waals surface area contributed by atoms with Gasteiger partial charge < -0.3 is 4.74 Å². The summed E-state index contributed by atoms with van der Waals surface area (Å²) in [5.41, 5.74) is 2.04. The highest BCUT2D eigenvalue weighted by atomic mass is 32.2. The Bertz CT molecular complexity index is 664. The number of esters is 1. The van der Waals surface area contributed by atoms with Gasteiger partial charge in [0.2, 0.25) is 0 Å². The van der Waals surface area contributed by atoms with Gasteiger partial charge in [-0.1, -0.05) is 38.1 Å². The SMILES string of the molecule is COC(=O)[C@@H](C)N1C(=O)S/C(=C/c2ccc(C(C)C)cc2)C1=O. The molecule has 1 aliphatic heterocycles. The summed E-state index contributed by atoms with van der Waals surface area (Å²) in [6.45, 7) is 5.69. The summed E-state index contributed by atoms with van der Waals surface area (Å²) >= 11 is 0.834. The van der Waals surface area contributed by atoms with Gasteiger partial charge in [0.1, 0.15) is 6.04 Å². The molecule has 1 atom stereocenters. The zero-order chi connectivity index (χ0) is 17.1. The number of carbonyl (C=O) groups excluding carboxylic acids is 3. The first kappa shape index (κ1) is 17.3. The summed E-state index contributed by atoms with van der Waals surface area (Å²) < 4.78 is 4.60. The van der Waals surface area contributed by atoms with Gasteiger partial charge in [-0.3, -0.25) is 14.5 Å². The maximum absolute atomic E-state index is 12.4. The molecule has 6 heteroatoms. The van der Waals surface area contributed by atoms with Gasteiger partial charge in [0.25, 0.3) is 11.1 Å². The molecule has 0 aliphatic carbocycles. The van der Waals surface area contributed by atoms with Crippen LogP contribution < -0.4 is 0 Å². The second-order valence-electron chi connectivity index (χ2n) is 5.57. The maximum atomic E-state index is 12.4. The normalized spacial score (nSPS) is 18.0. The van der Waals surface area contributed by atoms with E-state index in [0.29, 0.717) is 10.8 Å². The second kappa shape index (κ2) is 7.00. The van der Waals surface area contributed by atoms with E-state index in [2.05, 4.69) is 18.6 Å². The fourth-order valence-corrected chi connectivity index (χ4v) is 3.13. The molecule has 1 aromatic rings. The Hall–Kier alpha value is -2.08. The van der Waals surface area contributed by atoms with Crippen molar-refractivity contribution in [3.05, 3.63) is 40.3 Å². The van der Waals surface area contributed by atoms with Crippen LogP contribution in [0.1, 0.15) is 37.8 Å². The number of nitrogens with zero attached hydrogens (tertiary/aromatic N) is 1. The van der Waals surface area contributed by atoms with Crippen molar-refractivity contribution >= 4 is 35.0 Å². The zero-order valence-electron chi connectivity index (χ0n) is 13.5. The summed E-state index contributed by atoms with van der Waals surface area (Å²) in [5, 5.41) is -0.460. The third kappa shape index (κ3) is 3.64. The number of methoxy groups -OCH3 is 1. The Labute approximate surface area is 139 Å². The van der Waals surface area contributed by atoms with Gasteiger partial charge in [-0.05, 0) is 41.8 Å². The van der Waals surface area contributed by atoms with Crippen molar-refractivity contribution in [3.63, 3.8) is 0 Å². The van der Waals surface area contributed by atoms with Crippen LogP contribution in [-0.4, -0.2) is 35.2 Å². The number of hydrogen-bond acceptors (Lipinski definition) is 5. The number of carbonyl (C=O) groups is 3. The van der Waals surface area contributed by atoms with Crippen molar-refractivity contribution in [2.75, 3.05) is 7.11 Å². The first-order valence-corrected chi connectivity index (χ1v) is 8.11. The maximum Gasteiger partial charge on any atom is 0.328 e. The fourth-order valence-electron chi connectivity index (χ4n) is 2.22. The topological polar surface area (TPSA) is 63.7 Å². The Morgan fingerprint density at radius 1 is 1.17 bits per heavy atom. The molecule has 1 aliphatic rings. The number of benzene rings is 1. The molecule has 2 rings (SSSR count). The van der Waals surface area contributed by atoms with Crippen LogP contribution in [0, 0.1) is 0 Å². The standard InChI is InChI=1S/C17H19NO4S/c1-10(2)13-7-5-12(6-8-13)9-14-15(19)18(17(21)23-14)11(3)16(20)22-4/h5-11H,1-4H3/b14-9+/t11-/m1/s1. The molecule has 1 heterocycles. The molecule has 1 saturated heterocycles. The number of imide groups is 1. The van der Waals surface area contributed by atoms with Crippen LogP contribution in [0.4, 0.5) is 4.79 Å². The van der Waals surface area contributed by atoms with Crippen molar-refractivity contribution in [1.29, 1.82) is 0 Å². The van der Waals surface area contributed by atoms with E-state index in [4.69, 9.17) is 0 Å². The predicted octanol–water partition coefficient (Wildman–Crippen LogP) is 3.41. The summed E-state index contributed by atoms with van der Waals surface area (Å²) in [7, 11) is 1.23. The van der Waals surface area contributed by atoms with E-state index >= 15 is 0 Å². The minimum Gasteiger partial charge on any atom is -0.467 e. The Morgan fingerprint density at radius 2 is 1.78 bits per heavy atom. The fraction of sp³-hybridized carbons (Fsp3) is 0.353. The van der Waals surface area contributed by atoms with Crippen LogP contribution in [0.2, 0.25) is 0 Å². The molecule has 1 fully saturated rings. The molecular formula is C17H19NO4S. The molecule has 0 spiro atoms. The van der Waals surface area contributed by atoms with Crippen molar-refractivity contribution < 1.29 is 19.1 Å². The molecule has 0 N–H and O–H groups in total. The molecule has 5 nitrogen and oxygen atoms in total. The van der Waals surface area contributed by atoms with Crippen LogP contribution in [0.5, 0.6) is 0 Å². The highest BCUT2D eigenvalue weighted by Gasteiger charge is 2.41. The molecule has 0 unspecified atom stereocenters. The van der Waals surface area contributed by atoms with Gasteiger partial charge in [-0.25, -0.2) is 4.79 Å². The van der Waals surface area contributed by atoms with E-state index < -0.39 is 23.2 Å². The smallest absolute Gasteiger partial charge is 0.328 e. The highest BCUT2D eigenvalue weighted by molar-refractivity contribution is 8.18. The number of amides is 2. The lowest BCUT2D eigenvalue weighted by molar-refractivity contribution is -0.148. The van der Waals surface area contributed by atoms with Crippen LogP contribution in [-0.2, 0) is 14.3 Å². The van der Waals surface area contributed by atoms with Gasteiger partial charge in [0.05, 0.1) is 12.0 Å².